The number of rotatable bonds is 7. The van der Waals surface area contributed by atoms with Crippen LogP contribution in [0.4, 0.5) is 0 Å². The van der Waals surface area contributed by atoms with E-state index in [0.29, 0.717) is 0 Å². The Morgan fingerprint density at radius 3 is 2.32 bits per heavy atom. The minimum Gasteiger partial charge on any atom is -0.308 e. The molecule has 0 atom stereocenters. The lowest BCUT2D eigenvalue weighted by Crippen LogP contribution is -2.45. The summed E-state index contributed by atoms with van der Waals surface area (Å²) in [7, 11) is 0. The summed E-state index contributed by atoms with van der Waals surface area (Å²) < 4.78 is 2.27. The number of pyridine rings is 1. The molecule has 0 aliphatic carbocycles. The zero-order valence-electron chi connectivity index (χ0n) is 19.4. The third kappa shape index (κ3) is 5.05. The van der Waals surface area contributed by atoms with Crippen LogP contribution in [0.25, 0.3) is 17.2 Å². The minimum atomic E-state index is 0.807. The van der Waals surface area contributed by atoms with Crippen LogP contribution in [-0.4, -0.2) is 63.6 Å². The van der Waals surface area contributed by atoms with Crippen molar-refractivity contribution < 1.29 is 0 Å². The van der Waals surface area contributed by atoms with Gasteiger partial charge in [0.2, 0.25) is 0 Å². The van der Waals surface area contributed by atoms with Crippen molar-refractivity contribution >= 4 is 17.2 Å². The van der Waals surface area contributed by atoms with Gasteiger partial charge < -0.3 is 9.47 Å². The number of hydrogen-bond donors (Lipinski definition) is 0. The number of benzene rings is 1. The molecule has 31 heavy (non-hydrogen) atoms. The summed E-state index contributed by atoms with van der Waals surface area (Å²) in [5.41, 5.74) is 6.82. The highest BCUT2D eigenvalue weighted by atomic mass is 15.3. The molecule has 0 bridgehead atoms. The average molecular weight is 418 g/mol. The fourth-order valence-electron chi connectivity index (χ4n) is 4.43. The Hall–Kier alpha value is -2.50. The van der Waals surface area contributed by atoms with E-state index in [0.717, 1.165) is 42.2 Å². The van der Waals surface area contributed by atoms with Crippen LogP contribution in [0.3, 0.4) is 0 Å². The molecule has 0 spiro atoms. The van der Waals surface area contributed by atoms with Crippen molar-refractivity contribution in [3.8, 4) is 0 Å². The summed E-state index contributed by atoms with van der Waals surface area (Å²) in [5.74, 6) is 1.10. The van der Waals surface area contributed by atoms with Gasteiger partial charge in [0.25, 0.3) is 0 Å². The predicted octanol–water partition coefficient (Wildman–Crippen LogP) is 4.31. The van der Waals surface area contributed by atoms with E-state index < -0.39 is 0 Å². The number of likely N-dealkylation sites (N-methyl/N-ethyl adjacent to an activating group) is 1. The molecular formula is C26H35N5. The van der Waals surface area contributed by atoms with Gasteiger partial charge in [0, 0.05) is 44.8 Å². The number of hydrogen-bond acceptors (Lipinski definition) is 4. The number of aryl methyl sites for hydroxylation is 3. The number of aromatic nitrogens is 3. The normalized spacial score (nSPS) is 16.0. The molecule has 3 heterocycles. The van der Waals surface area contributed by atoms with Crippen molar-refractivity contribution in [3.05, 3.63) is 64.6 Å². The number of piperazine rings is 1. The number of imidazole rings is 1. The molecule has 1 fully saturated rings. The molecule has 1 aromatic carbocycles. The van der Waals surface area contributed by atoms with E-state index in [1.54, 1.807) is 0 Å². The third-order valence-corrected chi connectivity index (χ3v) is 6.32. The van der Waals surface area contributed by atoms with Gasteiger partial charge in [-0.2, -0.15) is 0 Å². The first kappa shape index (κ1) is 21.7. The van der Waals surface area contributed by atoms with Crippen LogP contribution < -0.4 is 0 Å². The van der Waals surface area contributed by atoms with Gasteiger partial charge in [-0.15, -0.1) is 0 Å². The topological polar surface area (TPSA) is 37.2 Å². The predicted molar refractivity (Wildman–Crippen MR) is 130 cm³/mol. The number of nitrogens with zero attached hydrogens (tertiary/aromatic N) is 5. The van der Waals surface area contributed by atoms with Gasteiger partial charge in [-0.05, 0) is 43.1 Å². The highest BCUT2D eigenvalue weighted by Crippen LogP contribution is 2.21. The lowest BCUT2D eigenvalue weighted by atomic mass is 10.1. The standard InChI is InChI=1S/C26H35N5/c1-5-24-28-25-20(3)18-21(4)27-26(25)31(24)19-23-11-9-22(10-12-23)8-7-13-30-16-14-29(6-2)15-17-30/h7-12,18H,5-6,13-17,19H2,1-4H3. The first-order chi connectivity index (χ1) is 15.1. The van der Waals surface area contributed by atoms with Gasteiger partial charge >= 0.3 is 0 Å². The van der Waals surface area contributed by atoms with Crippen molar-refractivity contribution in [1.82, 2.24) is 24.3 Å². The van der Waals surface area contributed by atoms with Crippen LogP contribution in [0.5, 0.6) is 0 Å². The fourth-order valence-corrected chi connectivity index (χ4v) is 4.43. The Balaban J connectivity index is 1.42. The third-order valence-electron chi connectivity index (χ3n) is 6.32. The highest BCUT2D eigenvalue weighted by Gasteiger charge is 2.14. The molecule has 0 amide bonds. The Morgan fingerprint density at radius 2 is 1.65 bits per heavy atom. The minimum absolute atomic E-state index is 0.807. The van der Waals surface area contributed by atoms with E-state index in [-0.39, 0.29) is 0 Å². The van der Waals surface area contributed by atoms with E-state index in [9.17, 15) is 0 Å². The SMILES string of the molecule is CCc1nc2c(C)cc(C)nc2n1Cc1ccc(C=CCN2CCN(CC)CC2)cc1. The average Bonchev–Trinajstić information content (AvgIpc) is 3.13. The smallest absolute Gasteiger partial charge is 0.160 e. The largest absolute Gasteiger partial charge is 0.308 e. The molecule has 4 rings (SSSR count). The molecule has 1 aliphatic rings. The summed E-state index contributed by atoms with van der Waals surface area (Å²) in [6, 6.07) is 11.0. The van der Waals surface area contributed by atoms with E-state index in [1.165, 1.54) is 49.4 Å². The van der Waals surface area contributed by atoms with Gasteiger partial charge in [0.05, 0.1) is 6.54 Å². The van der Waals surface area contributed by atoms with Gasteiger partial charge in [-0.25, -0.2) is 9.97 Å². The van der Waals surface area contributed by atoms with Crippen LogP contribution in [0, 0.1) is 13.8 Å². The quantitative estimate of drug-likeness (QED) is 0.574. The molecule has 0 unspecified atom stereocenters. The van der Waals surface area contributed by atoms with E-state index in [4.69, 9.17) is 9.97 Å². The highest BCUT2D eigenvalue weighted by molar-refractivity contribution is 5.76. The van der Waals surface area contributed by atoms with Crippen LogP contribution >= 0.6 is 0 Å². The van der Waals surface area contributed by atoms with Gasteiger partial charge in [0.15, 0.2) is 5.65 Å². The maximum atomic E-state index is 4.86. The molecule has 0 N–H and O–H groups in total. The van der Waals surface area contributed by atoms with E-state index in [1.807, 2.05) is 0 Å². The Morgan fingerprint density at radius 1 is 0.935 bits per heavy atom. The first-order valence-corrected chi connectivity index (χ1v) is 11.6. The fraction of sp³-hybridized carbons (Fsp3) is 0.462. The first-order valence-electron chi connectivity index (χ1n) is 11.6. The molecule has 5 heteroatoms. The molecule has 3 aromatic rings. The summed E-state index contributed by atoms with van der Waals surface area (Å²) in [6.45, 7) is 16.3. The van der Waals surface area contributed by atoms with E-state index >= 15 is 0 Å². The lowest BCUT2D eigenvalue weighted by Gasteiger charge is -2.33. The van der Waals surface area contributed by atoms with Crippen LogP contribution in [0.2, 0.25) is 0 Å². The van der Waals surface area contributed by atoms with Crippen molar-refractivity contribution in [2.24, 2.45) is 0 Å². The Kier molecular flexibility index (Phi) is 6.83. The maximum Gasteiger partial charge on any atom is 0.160 e. The Bertz CT molecular complexity index is 1040. The lowest BCUT2D eigenvalue weighted by molar-refractivity contribution is 0.148. The van der Waals surface area contributed by atoms with Gasteiger partial charge in [0.1, 0.15) is 11.3 Å². The Labute approximate surface area is 186 Å². The monoisotopic (exact) mass is 417 g/mol. The molecule has 5 nitrogen and oxygen atoms in total. The summed E-state index contributed by atoms with van der Waals surface area (Å²) >= 11 is 0. The molecule has 1 saturated heterocycles. The summed E-state index contributed by atoms with van der Waals surface area (Å²) in [4.78, 5) is 14.7. The summed E-state index contributed by atoms with van der Waals surface area (Å²) in [5, 5.41) is 0. The van der Waals surface area contributed by atoms with Crippen molar-refractivity contribution in [1.29, 1.82) is 0 Å². The zero-order chi connectivity index (χ0) is 21.8. The number of fused-ring (bicyclic) bond motifs is 1. The van der Waals surface area contributed by atoms with Crippen molar-refractivity contribution in [2.45, 2.75) is 40.7 Å². The molecule has 2 aromatic heterocycles. The molecule has 1 aliphatic heterocycles. The van der Waals surface area contributed by atoms with E-state index in [2.05, 4.69) is 84.5 Å². The molecular weight excluding hydrogens is 382 g/mol. The second-order valence-corrected chi connectivity index (χ2v) is 8.60. The molecule has 0 radical (unpaired) electrons. The second kappa shape index (κ2) is 9.75. The van der Waals surface area contributed by atoms with Gasteiger partial charge in [-0.1, -0.05) is 50.3 Å². The van der Waals surface area contributed by atoms with Crippen molar-refractivity contribution in [2.75, 3.05) is 39.3 Å². The maximum absolute atomic E-state index is 4.86. The van der Waals surface area contributed by atoms with Gasteiger partial charge in [-0.3, -0.25) is 4.90 Å². The summed E-state index contributed by atoms with van der Waals surface area (Å²) in [6.07, 6.45) is 5.45. The van der Waals surface area contributed by atoms with Crippen LogP contribution in [0.15, 0.2) is 36.4 Å². The second-order valence-electron chi connectivity index (χ2n) is 8.60. The van der Waals surface area contributed by atoms with Crippen LogP contribution in [-0.2, 0) is 13.0 Å². The van der Waals surface area contributed by atoms with Crippen LogP contribution in [0.1, 0.15) is 42.1 Å². The van der Waals surface area contributed by atoms with Crippen molar-refractivity contribution in [3.63, 3.8) is 0 Å². The zero-order valence-corrected chi connectivity index (χ0v) is 19.4. The molecule has 164 valence electrons. The molecule has 0 saturated carbocycles.